The van der Waals surface area contributed by atoms with Crippen molar-refractivity contribution in [1.29, 1.82) is 0 Å². The number of aryl methyl sites for hydroxylation is 1. The normalized spacial score (nSPS) is 11.0. The van der Waals surface area contributed by atoms with E-state index >= 15 is 0 Å². The van der Waals surface area contributed by atoms with Crippen LogP contribution in [0, 0.1) is 12.7 Å². The molecular formula is C27H20FN3OS. The van der Waals surface area contributed by atoms with Gasteiger partial charge in [0.15, 0.2) is 0 Å². The van der Waals surface area contributed by atoms with E-state index in [0.717, 1.165) is 49.4 Å². The Morgan fingerprint density at radius 2 is 1.76 bits per heavy atom. The summed E-state index contributed by atoms with van der Waals surface area (Å²) >= 11 is 1.59. The lowest BCUT2D eigenvalue weighted by molar-refractivity contribution is -0.114. The molecule has 0 radical (unpaired) electrons. The van der Waals surface area contributed by atoms with Gasteiger partial charge in [0, 0.05) is 35.5 Å². The molecule has 0 spiro atoms. The van der Waals surface area contributed by atoms with Gasteiger partial charge in [-0.05, 0) is 72.1 Å². The van der Waals surface area contributed by atoms with Gasteiger partial charge in [-0.25, -0.2) is 9.37 Å². The molecule has 1 N–H and O–H groups in total. The smallest absolute Gasteiger partial charge is 0.221 e. The van der Waals surface area contributed by atoms with E-state index in [-0.39, 0.29) is 11.7 Å². The first-order chi connectivity index (χ1) is 16.0. The molecule has 0 aliphatic rings. The average molecular weight is 454 g/mol. The number of hydrogen-bond acceptors (Lipinski definition) is 4. The topological polar surface area (TPSA) is 54.9 Å². The van der Waals surface area contributed by atoms with Crippen molar-refractivity contribution in [2.24, 2.45) is 0 Å². The van der Waals surface area contributed by atoms with Gasteiger partial charge in [-0.3, -0.25) is 9.78 Å². The Morgan fingerprint density at radius 1 is 0.909 bits per heavy atom. The third kappa shape index (κ3) is 4.25. The van der Waals surface area contributed by atoms with Crippen molar-refractivity contribution in [2.45, 2.75) is 13.8 Å². The molecular weight excluding hydrogens is 433 g/mol. The summed E-state index contributed by atoms with van der Waals surface area (Å²) in [5.74, 6) is -0.358. The second kappa shape index (κ2) is 8.56. The highest BCUT2D eigenvalue weighted by molar-refractivity contribution is 7.16. The van der Waals surface area contributed by atoms with Crippen molar-refractivity contribution in [3.63, 3.8) is 0 Å². The van der Waals surface area contributed by atoms with E-state index in [1.807, 2.05) is 54.2 Å². The minimum absolute atomic E-state index is 0.120. The Balaban J connectivity index is 1.69. The number of rotatable bonds is 4. The molecule has 0 fully saturated rings. The summed E-state index contributed by atoms with van der Waals surface area (Å²) in [5.41, 5.74) is 9.54. The van der Waals surface area contributed by atoms with E-state index in [2.05, 4.69) is 22.4 Å². The molecule has 0 saturated carbocycles. The zero-order chi connectivity index (χ0) is 22.9. The summed E-state index contributed by atoms with van der Waals surface area (Å²) in [6.45, 7) is 3.24. The molecule has 6 heteroatoms. The van der Waals surface area contributed by atoms with Gasteiger partial charge in [0.1, 0.15) is 5.82 Å². The van der Waals surface area contributed by atoms with E-state index in [1.165, 1.54) is 13.0 Å². The highest BCUT2D eigenvalue weighted by Crippen LogP contribution is 2.36. The van der Waals surface area contributed by atoms with Crippen molar-refractivity contribution in [3.05, 3.63) is 89.8 Å². The van der Waals surface area contributed by atoms with Crippen molar-refractivity contribution in [1.82, 2.24) is 9.97 Å². The van der Waals surface area contributed by atoms with E-state index < -0.39 is 0 Å². The molecule has 0 atom stereocenters. The largest absolute Gasteiger partial charge is 0.326 e. The number of benzene rings is 3. The molecule has 1 amide bonds. The van der Waals surface area contributed by atoms with Gasteiger partial charge in [0.05, 0.1) is 21.4 Å². The van der Waals surface area contributed by atoms with Gasteiger partial charge in [-0.15, -0.1) is 11.3 Å². The Bertz CT molecular complexity index is 1510. The lowest BCUT2D eigenvalue weighted by atomic mass is 9.95. The maximum absolute atomic E-state index is 13.9. The fourth-order valence-electron chi connectivity index (χ4n) is 3.87. The van der Waals surface area contributed by atoms with Crippen molar-refractivity contribution >= 4 is 33.1 Å². The standard InChI is InChI=1S/C27H20FN3OS/c1-16-10-20(6-8-24(16)28)27-23(19-7-9-25-26(13-19)33-15-30-25)12-21(14-29-27)18-4-3-5-22(11-18)31-17(2)32/h3-15H,1-2H3,(H,31,32). The zero-order valence-electron chi connectivity index (χ0n) is 18.1. The minimum Gasteiger partial charge on any atom is -0.326 e. The molecule has 0 aliphatic heterocycles. The van der Waals surface area contributed by atoms with Crippen LogP contribution in [0.5, 0.6) is 0 Å². The van der Waals surface area contributed by atoms with E-state index in [4.69, 9.17) is 4.98 Å². The van der Waals surface area contributed by atoms with Crippen LogP contribution in [-0.2, 0) is 4.79 Å². The minimum atomic E-state index is -0.238. The molecule has 162 valence electrons. The van der Waals surface area contributed by atoms with Crippen LogP contribution in [0.4, 0.5) is 10.1 Å². The van der Waals surface area contributed by atoms with Crippen LogP contribution in [0.1, 0.15) is 12.5 Å². The van der Waals surface area contributed by atoms with Crippen LogP contribution in [0.2, 0.25) is 0 Å². The summed E-state index contributed by atoms with van der Waals surface area (Å²) in [6.07, 6.45) is 1.82. The van der Waals surface area contributed by atoms with E-state index in [1.54, 1.807) is 24.3 Å². The first-order valence-electron chi connectivity index (χ1n) is 10.5. The Hall–Kier alpha value is -3.90. The molecule has 3 aromatic carbocycles. The summed E-state index contributed by atoms with van der Waals surface area (Å²) in [5, 5.41) is 2.83. The highest BCUT2D eigenvalue weighted by Gasteiger charge is 2.14. The number of carbonyl (C=O) groups excluding carboxylic acids is 1. The number of thiazole rings is 1. The van der Waals surface area contributed by atoms with Crippen LogP contribution in [-0.4, -0.2) is 15.9 Å². The Labute approximate surface area is 194 Å². The first-order valence-corrected chi connectivity index (χ1v) is 11.3. The number of nitrogens with one attached hydrogen (secondary N) is 1. The molecule has 2 heterocycles. The molecule has 2 aromatic heterocycles. The van der Waals surface area contributed by atoms with Crippen LogP contribution < -0.4 is 5.32 Å². The van der Waals surface area contributed by atoms with Gasteiger partial charge >= 0.3 is 0 Å². The first kappa shape index (κ1) is 21.0. The monoisotopic (exact) mass is 453 g/mol. The second-order valence-corrected chi connectivity index (χ2v) is 8.77. The zero-order valence-corrected chi connectivity index (χ0v) is 18.9. The lowest BCUT2D eigenvalue weighted by Crippen LogP contribution is -2.05. The van der Waals surface area contributed by atoms with Gasteiger partial charge in [-0.1, -0.05) is 18.2 Å². The Kier molecular flexibility index (Phi) is 5.44. The van der Waals surface area contributed by atoms with Crippen LogP contribution in [0.25, 0.3) is 43.7 Å². The van der Waals surface area contributed by atoms with Gasteiger partial charge in [-0.2, -0.15) is 0 Å². The van der Waals surface area contributed by atoms with Crippen molar-refractivity contribution in [3.8, 4) is 33.5 Å². The number of pyridine rings is 1. The maximum atomic E-state index is 13.9. The quantitative estimate of drug-likeness (QED) is 0.316. The molecule has 0 bridgehead atoms. The summed E-state index contributed by atoms with van der Waals surface area (Å²) < 4.78 is 15.0. The van der Waals surface area contributed by atoms with E-state index in [0.29, 0.717) is 5.56 Å². The average Bonchev–Trinajstić information content (AvgIpc) is 3.28. The highest BCUT2D eigenvalue weighted by atomic mass is 32.1. The summed E-state index contributed by atoms with van der Waals surface area (Å²) in [7, 11) is 0. The predicted molar refractivity (Wildman–Crippen MR) is 133 cm³/mol. The number of anilines is 1. The Morgan fingerprint density at radius 3 is 2.58 bits per heavy atom. The number of carbonyl (C=O) groups is 1. The third-order valence-electron chi connectivity index (χ3n) is 5.48. The molecule has 5 aromatic rings. The fourth-order valence-corrected chi connectivity index (χ4v) is 4.58. The number of hydrogen-bond donors (Lipinski definition) is 1. The van der Waals surface area contributed by atoms with Gasteiger partial charge < -0.3 is 5.32 Å². The fraction of sp³-hybridized carbons (Fsp3) is 0.0741. The molecule has 0 unspecified atom stereocenters. The summed E-state index contributed by atoms with van der Waals surface area (Å²) in [6, 6.07) is 21.0. The number of aromatic nitrogens is 2. The SMILES string of the molecule is CC(=O)Nc1cccc(-c2cnc(-c3ccc(F)c(C)c3)c(-c3ccc4ncsc4c3)c2)c1. The number of fused-ring (bicyclic) bond motifs is 1. The molecule has 0 saturated heterocycles. The molecule has 33 heavy (non-hydrogen) atoms. The van der Waals surface area contributed by atoms with Crippen molar-refractivity contribution in [2.75, 3.05) is 5.32 Å². The van der Waals surface area contributed by atoms with Crippen molar-refractivity contribution < 1.29 is 9.18 Å². The molecule has 5 rings (SSSR count). The number of nitrogens with zero attached hydrogens (tertiary/aromatic N) is 2. The van der Waals surface area contributed by atoms with Crippen LogP contribution in [0.3, 0.4) is 0 Å². The van der Waals surface area contributed by atoms with Crippen LogP contribution in [0.15, 0.2) is 78.4 Å². The summed E-state index contributed by atoms with van der Waals surface area (Å²) in [4.78, 5) is 20.7. The van der Waals surface area contributed by atoms with Crippen LogP contribution >= 0.6 is 11.3 Å². The van der Waals surface area contributed by atoms with Gasteiger partial charge in [0.2, 0.25) is 5.91 Å². The van der Waals surface area contributed by atoms with E-state index in [9.17, 15) is 9.18 Å². The molecule has 0 aliphatic carbocycles. The number of amides is 1. The molecule has 4 nitrogen and oxygen atoms in total. The number of halogens is 1. The maximum Gasteiger partial charge on any atom is 0.221 e. The predicted octanol–water partition coefficient (Wildman–Crippen LogP) is 7.10. The van der Waals surface area contributed by atoms with Gasteiger partial charge in [0.25, 0.3) is 0 Å². The third-order valence-corrected chi connectivity index (χ3v) is 6.27. The second-order valence-electron chi connectivity index (χ2n) is 7.88. The lowest BCUT2D eigenvalue weighted by Gasteiger charge is -2.13.